The zero-order valence-electron chi connectivity index (χ0n) is 24.9. The number of ether oxygens (including phenoxy) is 1. The second-order valence-electron chi connectivity index (χ2n) is 11.5. The van der Waals surface area contributed by atoms with E-state index in [1.807, 2.05) is 18.2 Å². The number of hydrogen-bond donors (Lipinski definition) is 2. The zero-order valence-corrected chi connectivity index (χ0v) is 25.7. The summed E-state index contributed by atoms with van der Waals surface area (Å²) in [6.07, 6.45) is 4.59. The molecule has 0 atom stereocenters. The molecule has 1 fully saturated rings. The summed E-state index contributed by atoms with van der Waals surface area (Å²) in [5, 5.41) is 12.0. The lowest BCUT2D eigenvalue weighted by Crippen LogP contribution is -2.29. The molecule has 3 aromatic heterocycles. The number of carbonyl (C=O) groups excluding carboxylic acids is 1. The molecule has 2 aliphatic rings. The van der Waals surface area contributed by atoms with Crippen LogP contribution >= 0.6 is 11.3 Å². The van der Waals surface area contributed by atoms with Gasteiger partial charge in [-0.1, -0.05) is 11.3 Å². The van der Waals surface area contributed by atoms with Crippen LogP contribution in [0, 0.1) is 29.1 Å². The van der Waals surface area contributed by atoms with Crippen molar-refractivity contribution >= 4 is 60.6 Å². The molecule has 3 aromatic carbocycles. The number of H-pyrrole nitrogens is 2. The number of amides is 1. The highest BCUT2D eigenvalue weighted by Gasteiger charge is 2.30. The van der Waals surface area contributed by atoms with Crippen molar-refractivity contribution in [3.8, 4) is 5.75 Å². The van der Waals surface area contributed by atoms with Crippen LogP contribution in [0.2, 0.25) is 0 Å². The molecule has 5 heterocycles. The maximum atomic E-state index is 14.1. The number of azo groups is 1. The molecule has 1 amide bonds. The lowest BCUT2D eigenvalue weighted by molar-refractivity contribution is 0.0985. The van der Waals surface area contributed by atoms with Crippen molar-refractivity contribution in [3.63, 3.8) is 0 Å². The molecule has 2 aliphatic heterocycles. The quantitative estimate of drug-likeness (QED) is 0.0765. The van der Waals surface area contributed by atoms with Crippen molar-refractivity contribution < 1.29 is 31.5 Å². The van der Waals surface area contributed by atoms with Gasteiger partial charge >= 0.3 is 0 Å². The number of anilines is 2. The van der Waals surface area contributed by atoms with E-state index >= 15 is 0 Å². The fraction of sp³-hybridized carbons (Fsp3) is 0.212. The minimum atomic E-state index is -2.25. The Balaban J connectivity index is 0.991. The minimum absolute atomic E-state index is 0.225. The second-order valence-corrected chi connectivity index (χ2v) is 12.5. The van der Waals surface area contributed by atoms with Crippen molar-refractivity contribution in [2.75, 3.05) is 29.4 Å². The SMILES string of the molecule is O=C(c1cc2cc(/N=N/c3cnc(N4CCCC4)s3)ccc2[nH]1)N1CCc2c1ccc1[nH]c(COc3c(F)c(F)c(F)c(F)c3F)cc21. The van der Waals surface area contributed by atoms with E-state index in [0.29, 0.717) is 46.2 Å². The topological polar surface area (TPSA) is 102 Å². The van der Waals surface area contributed by atoms with E-state index in [1.165, 1.54) is 24.2 Å². The number of rotatable bonds is 7. The Hall–Kier alpha value is -5.31. The molecule has 244 valence electrons. The normalized spacial score (nSPS) is 14.7. The predicted molar refractivity (Wildman–Crippen MR) is 170 cm³/mol. The van der Waals surface area contributed by atoms with E-state index in [-0.39, 0.29) is 5.91 Å². The summed E-state index contributed by atoms with van der Waals surface area (Å²) >= 11 is 1.50. The number of nitrogens with one attached hydrogen (secondary N) is 2. The Kier molecular flexibility index (Phi) is 7.35. The first kappa shape index (κ1) is 30.1. The highest BCUT2D eigenvalue weighted by Crippen LogP contribution is 2.37. The van der Waals surface area contributed by atoms with Crippen LogP contribution in [0.4, 0.5) is 43.5 Å². The van der Waals surface area contributed by atoms with E-state index < -0.39 is 41.4 Å². The first-order valence-corrected chi connectivity index (χ1v) is 15.9. The van der Waals surface area contributed by atoms with Crippen LogP contribution < -0.4 is 14.5 Å². The highest BCUT2D eigenvalue weighted by atomic mass is 32.1. The molecule has 1 saturated heterocycles. The van der Waals surface area contributed by atoms with Gasteiger partial charge in [0.2, 0.25) is 29.1 Å². The van der Waals surface area contributed by atoms with Crippen LogP contribution in [0.3, 0.4) is 0 Å². The van der Waals surface area contributed by atoms with Gasteiger partial charge in [0.05, 0.1) is 17.6 Å². The molecule has 0 bridgehead atoms. The number of halogens is 5. The molecule has 48 heavy (non-hydrogen) atoms. The maximum Gasteiger partial charge on any atom is 0.274 e. The van der Waals surface area contributed by atoms with Gasteiger partial charge in [0.15, 0.2) is 15.9 Å². The predicted octanol–water partition coefficient (Wildman–Crippen LogP) is 8.60. The van der Waals surface area contributed by atoms with Crippen LogP contribution in [0.1, 0.15) is 34.6 Å². The third-order valence-electron chi connectivity index (χ3n) is 8.57. The Morgan fingerprint density at radius 3 is 2.42 bits per heavy atom. The van der Waals surface area contributed by atoms with Crippen molar-refractivity contribution in [1.29, 1.82) is 0 Å². The lowest BCUT2D eigenvalue weighted by Gasteiger charge is -2.16. The summed E-state index contributed by atoms with van der Waals surface area (Å²) < 4.78 is 73.7. The molecule has 9 nitrogen and oxygen atoms in total. The molecular formula is C33H24F5N7O2S. The molecular weight excluding hydrogens is 653 g/mol. The first-order valence-electron chi connectivity index (χ1n) is 15.1. The maximum absolute atomic E-state index is 14.1. The molecule has 8 rings (SSSR count). The van der Waals surface area contributed by atoms with Gasteiger partial charge in [-0.05, 0) is 67.3 Å². The van der Waals surface area contributed by atoms with Crippen LogP contribution in [-0.2, 0) is 13.0 Å². The number of aromatic amines is 2. The van der Waals surface area contributed by atoms with Crippen molar-refractivity contribution in [2.45, 2.75) is 25.9 Å². The number of benzene rings is 3. The largest absolute Gasteiger partial charge is 0.481 e. The molecule has 0 aliphatic carbocycles. The van der Waals surface area contributed by atoms with E-state index in [4.69, 9.17) is 4.74 Å². The summed E-state index contributed by atoms with van der Waals surface area (Å²) in [6, 6.07) is 12.5. The molecule has 0 unspecified atom stereocenters. The van der Waals surface area contributed by atoms with Gasteiger partial charge in [-0.2, -0.15) is 8.78 Å². The van der Waals surface area contributed by atoms with Gasteiger partial charge in [-0.3, -0.25) is 4.79 Å². The third kappa shape index (κ3) is 5.14. The van der Waals surface area contributed by atoms with Crippen LogP contribution in [0.15, 0.2) is 58.9 Å². The second kappa shape index (κ2) is 11.7. The molecule has 2 N–H and O–H groups in total. The average Bonchev–Trinajstić information content (AvgIpc) is 3.93. The van der Waals surface area contributed by atoms with E-state index in [0.717, 1.165) is 40.1 Å². The van der Waals surface area contributed by atoms with Crippen LogP contribution in [-0.4, -0.2) is 40.5 Å². The van der Waals surface area contributed by atoms with E-state index in [1.54, 1.807) is 35.4 Å². The number of hydrogen-bond acceptors (Lipinski definition) is 7. The number of fused-ring (bicyclic) bond motifs is 4. The summed E-state index contributed by atoms with van der Waals surface area (Å²) in [7, 11) is 0. The highest BCUT2D eigenvalue weighted by molar-refractivity contribution is 7.19. The fourth-order valence-electron chi connectivity index (χ4n) is 6.23. The Morgan fingerprint density at radius 2 is 1.62 bits per heavy atom. The smallest absolute Gasteiger partial charge is 0.274 e. The molecule has 15 heteroatoms. The first-order chi connectivity index (χ1) is 23.2. The number of thiazole rings is 1. The van der Waals surface area contributed by atoms with Crippen molar-refractivity contribution in [3.05, 3.63) is 94.7 Å². The number of nitrogens with zero attached hydrogens (tertiary/aromatic N) is 5. The molecule has 0 radical (unpaired) electrons. The number of aromatic nitrogens is 3. The van der Waals surface area contributed by atoms with Crippen LogP contribution in [0.5, 0.6) is 5.75 Å². The average molecular weight is 678 g/mol. The lowest BCUT2D eigenvalue weighted by atomic mass is 10.1. The Morgan fingerprint density at radius 1 is 0.875 bits per heavy atom. The van der Waals surface area contributed by atoms with E-state index in [2.05, 4.69) is 30.1 Å². The molecule has 0 spiro atoms. The summed E-state index contributed by atoms with van der Waals surface area (Å²) in [4.78, 5) is 28.3. The molecule has 6 aromatic rings. The minimum Gasteiger partial charge on any atom is -0.481 e. The standard InChI is InChI=1S/C33H24F5N7O2S/c34-26-27(35)29(37)31(30(38)28(26)36)47-15-18-13-20-19-7-10-45(24(19)6-5-22(20)40-18)32(46)23-12-16-11-17(3-4-21(16)41-23)42-43-25-14-39-33(48-25)44-8-1-2-9-44/h3-6,11-14,40-41H,1-2,7-10,15H2/b43-42+. The van der Waals surface area contributed by atoms with E-state index in [9.17, 15) is 26.7 Å². The summed E-state index contributed by atoms with van der Waals surface area (Å²) in [6.45, 7) is 1.95. The Labute approximate surface area is 272 Å². The van der Waals surface area contributed by atoms with Crippen molar-refractivity contribution in [1.82, 2.24) is 15.0 Å². The number of carbonyl (C=O) groups is 1. The van der Waals surface area contributed by atoms with Gasteiger partial charge < -0.3 is 24.5 Å². The Bertz CT molecular complexity index is 2240. The summed E-state index contributed by atoms with van der Waals surface area (Å²) in [5.74, 6) is -12.1. The van der Waals surface area contributed by atoms with Crippen LogP contribution in [0.25, 0.3) is 21.8 Å². The van der Waals surface area contributed by atoms with Gasteiger partial charge in [-0.25, -0.2) is 18.2 Å². The van der Waals surface area contributed by atoms with Gasteiger partial charge in [0.25, 0.3) is 5.91 Å². The van der Waals surface area contributed by atoms with Gasteiger partial charge in [0.1, 0.15) is 12.3 Å². The fourth-order valence-corrected chi connectivity index (χ4v) is 7.02. The zero-order chi connectivity index (χ0) is 33.1. The summed E-state index contributed by atoms with van der Waals surface area (Å²) in [5.41, 5.74) is 4.38. The van der Waals surface area contributed by atoms with Gasteiger partial charge in [0, 0.05) is 47.1 Å². The monoisotopic (exact) mass is 677 g/mol. The molecule has 0 saturated carbocycles. The third-order valence-corrected chi connectivity index (χ3v) is 9.51. The van der Waals surface area contributed by atoms with Gasteiger partial charge in [-0.15, -0.1) is 10.2 Å². The van der Waals surface area contributed by atoms with Crippen molar-refractivity contribution in [2.24, 2.45) is 10.2 Å².